The van der Waals surface area contributed by atoms with Crippen LogP contribution in [0.25, 0.3) is 0 Å². The van der Waals surface area contributed by atoms with Crippen LogP contribution in [0, 0.1) is 10.8 Å². The van der Waals surface area contributed by atoms with E-state index in [0.29, 0.717) is 25.9 Å². The van der Waals surface area contributed by atoms with Gasteiger partial charge in [0.05, 0.1) is 25.9 Å². The zero-order valence-electron chi connectivity index (χ0n) is 12.1. The van der Waals surface area contributed by atoms with E-state index >= 15 is 0 Å². The number of hydrogen-bond acceptors (Lipinski definition) is 5. The predicted octanol–water partition coefficient (Wildman–Crippen LogP) is 2.23. The zero-order chi connectivity index (χ0) is 14.7. The average molecular weight is 270 g/mol. The lowest BCUT2D eigenvalue weighted by atomic mass is 9.84. The third-order valence-electron chi connectivity index (χ3n) is 3.14. The molecule has 0 atom stereocenters. The number of cyclic esters (lactones) is 3. The highest BCUT2D eigenvalue weighted by molar-refractivity contribution is 5.89. The van der Waals surface area contributed by atoms with Crippen LogP contribution < -0.4 is 0 Å². The molecule has 0 spiro atoms. The highest BCUT2D eigenvalue weighted by Gasteiger charge is 2.33. The van der Waals surface area contributed by atoms with Crippen molar-refractivity contribution in [3.63, 3.8) is 0 Å². The molecule has 0 amide bonds. The average Bonchev–Trinajstić information content (AvgIpc) is 2.10. The lowest BCUT2D eigenvalue weighted by Gasteiger charge is -2.27. The Bertz CT molecular complexity index is 363. The van der Waals surface area contributed by atoms with Gasteiger partial charge in [-0.25, -0.2) is 0 Å². The maximum absolute atomic E-state index is 10.7. The van der Waals surface area contributed by atoms with E-state index in [1.807, 2.05) is 13.8 Å². The molecular formula is C14H22O5. The SMILES string of the molecule is CC1(C)CC(=O)OC(=O)C1.CC1(C)CCOC(=O)C1. The summed E-state index contributed by atoms with van der Waals surface area (Å²) in [6.07, 6.45) is 2.27. The highest BCUT2D eigenvalue weighted by Crippen LogP contribution is 2.29. The van der Waals surface area contributed by atoms with Crippen molar-refractivity contribution in [1.29, 1.82) is 0 Å². The van der Waals surface area contributed by atoms with Gasteiger partial charge >= 0.3 is 17.9 Å². The van der Waals surface area contributed by atoms with Crippen molar-refractivity contribution >= 4 is 17.9 Å². The van der Waals surface area contributed by atoms with E-state index in [-0.39, 0.29) is 16.8 Å². The summed E-state index contributed by atoms with van der Waals surface area (Å²) in [5.41, 5.74) is -0.0260. The number of ether oxygens (including phenoxy) is 2. The third-order valence-corrected chi connectivity index (χ3v) is 3.14. The second kappa shape index (κ2) is 5.72. The molecule has 2 fully saturated rings. The summed E-state index contributed by atoms with van der Waals surface area (Å²) in [4.78, 5) is 31.9. The second-order valence-corrected chi connectivity index (χ2v) is 6.68. The maximum Gasteiger partial charge on any atom is 0.313 e. The van der Waals surface area contributed by atoms with Gasteiger partial charge in [0.2, 0.25) is 0 Å². The Hall–Kier alpha value is -1.39. The Labute approximate surface area is 113 Å². The molecule has 5 nitrogen and oxygen atoms in total. The van der Waals surface area contributed by atoms with Crippen LogP contribution in [0.15, 0.2) is 0 Å². The molecule has 108 valence electrons. The Morgan fingerprint density at radius 3 is 1.58 bits per heavy atom. The Morgan fingerprint density at radius 1 is 0.789 bits per heavy atom. The molecular weight excluding hydrogens is 248 g/mol. The molecule has 0 aromatic rings. The summed E-state index contributed by atoms with van der Waals surface area (Å²) >= 11 is 0. The Kier molecular flexibility index (Phi) is 4.71. The van der Waals surface area contributed by atoms with Crippen LogP contribution >= 0.6 is 0 Å². The van der Waals surface area contributed by atoms with Gasteiger partial charge in [0.1, 0.15) is 0 Å². The van der Waals surface area contributed by atoms with E-state index in [1.165, 1.54) is 0 Å². The number of carbonyl (C=O) groups excluding carboxylic acids is 3. The lowest BCUT2D eigenvalue weighted by molar-refractivity contribution is -0.168. The molecule has 2 heterocycles. The molecule has 0 aliphatic carbocycles. The van der Waals surface area contributed by atoms with Crippen LogP contribution in [0.5, 0.6) is 0 Å². The molecule has 0 saturated carbocycles. The molecule has 0 unspecified atom stereocenters. The Balaban J connectivity index is 0.000000191. The van der Waals surface area contributed by atoms with Crippen molar-refractivity contribution in [1.82, 2.24) is 0 Å². The van der Waals surface area contributed by atoms with Gasteiger partial charge in [-0.15, -0.1) is 0 Å². The summed E-state index contributed by atoms with van der Waals surface area (Å²) in [6, 6.07) is 0. The minimum absolute atomic E-state index is 0.0498. The third kappa shape index (κ3) is 5.85. The van der Waals surface area contributed by atoms with Crippen molar-refractivity contribution in [3.05, 3.63) is 0 Å². The fourth-order valence-corrected chi connectivity index (χ4v) is 2.01. The molecule has 19 heavy (non-hydrogen) atoms. The second-order valence-electron chi connectivity index (χ2n) is 6.68. The fraction of sp³-hybridized carbons (Fsp3) is 0.786. The fourth-order valence-electron chi connectivity index (χ4n) is 2.01. The quantitative estimate of drug-likeness (QED) is 0.498. The molecule has 2 aliphatic rings. The van der Waals surface area contributed by atoms with Gasteiger partial charge in [-0.3, -0.25) is 14.4 Å². The molecule has 2 aliphatic heterocycles. The maximum atomic E-state index is 10.7. The number of carbonyl (C=O) groups is 3. The van der Waals surface area contributed by atoms with Crippen LogP contribution in [-0.4, -0.2) is 24.5 Å². The monoisotopic (exact) mass is 270 g/mol. The van der Waals surface area contributed by atoms with Crippen LogP contribution in [0.3, 0.4) is 0 Å². The van der Waals surface area contributed by atoms with Crippen LogP contribution in [0.1, 0.15) is 53.4 Å². The smallest absolute Gasteiger partial charge is 0.313 e. The minimum Gasteiger partial charge on any atom is -0.466 e. The summed E-state index contributed by atoms with van der Waals surface area (Å²) in [6.45, 7) is 8.54. The standard InChI is InChI=1S/C7H10O3.C7H12O2/c1-7(2)3-5(8)10-6(9)4-7;1-7(2)3-4-9-6(8)5-7/h3-4H2,1-2H3;3-5H2,1-2H3. The van der Waals surface area contributed by atoms with Gasteiger partial charge in [-0.2, -0.15) is 0 Å². The number of rotatable bonds is 0. The predicted molar refractivity (Wildman–Crippen MR) is 68.1 cm³/mol. The van der Waals surface area contributed by atoms with E-state index in [0.717, 1.165) is 6.42 Å². The molecule has 5 heteroatoms. The van der Waals surface area contributed by atoms with Crippen molar-refractivity contribution < 1.29 is 23.9 Å². The summed E-state index contributed by atoms with van der Waals surface area (Å²) in [5.74, 6) is -0.853. The number of esters is 3. The summed E-state index contributed by atoms with van der Waals surface area (Å²) < 4.78 is 9.12. The molecule has 0 N–H and O–H groups in total. The van der Waals surface area contributed by atoms with E-state index in [2.05, 4.69) is 18.6 Å². The first-order valence-corrected chi connectivity index (χ1v) is 6.49. The highest BCUT2D eigenvalue weighted by atomic mass is 16.6. The van der Waals surface area contributed by atoms with Crippen LogP contribution in [0.2, 0.25) is 0 Å². The van der Waals surface area contributed by atoms with Gasteiger partial charge in [-0.05, 0) is 17.3 Å². The largest absolute Gasteiger partial charge is 0.466 e. The van der Waals surface area contributed by atoms with E-state index < -0.39 is 11.9 Å². The lowest BCUT2D eigenvalue weighted by Crippen LogP contribution is -2.30. The summed E-state index contributed by atoms with van der Waals surface area (Å²) in [5, 5.41) is 0. The first kappa shape index (κ1) is 15.7. The molecule has 2 saturated heterocycles. The molecule has 2 rings (SSSR count). The van der Waals surface area contributed by atoms with Crippen molar-refractivity contribution in [3.8, 4) is 0 Å². The molecule has 0 aromatic heterocycles. The van der Waals surface area contributed by atoms with E-state index in [9.17, 15) is 14.4 Å². The molecule has 0 aromatic carbocycles. The van der Waals surface area contributed by atoms with E-state index in [1.54, 1.807) is 0 Å². The number of hydrogen-bond donors (Lipinski definition) is 0. The van der Waals surface area contributed by atoms with Crippen molar-refractivity contribution in [2.45, 2.75) is 53.4 Å². The molecule has 0 bridgehead atoms. The van der Waals surface area contributed by atoms with Gasteiger partial charge in [0, 0.05) is 0 Å². The zero-order valence-corrected chi connectivity index (χ0v) is 12.1. The topological polar surface area (TPSA) is 69.7 Å². The van der Waals surface area contributed by atoms with Gasteiger partial charge in [0.25, 0.3) is 0 Å². The van der Waals surface area contributed by atoms with Crippen LogP contribution in [-0.2, 0) is 23.9 Å². The van der Waals surface area contributed by atoms with Crippen molar-refractivity contribution in [2.24, 2.45) is 10.8 Å². The Morgan fingerprint density at radius 2 is 1.26 bits per heavy atom. The normalized spacial score (nSPS) is 24.7. The van der Waals surface area contributed by atoms with Gasteiger partial charge in [-0.1, -0.05) is 27.7 Å². The first-order valence-electron chi connectivity index (χ1n) is 6.49. The van der Waals surface area contributed by atoms with Crippen LogP contribution in [0.4, 0.5) is 0 Å². The van der Waals surface area contributed by atoms with Crippen molar-refractivity contribution in [2.75, 3.05) is 6.61 Å². The minimum atomic E-state index is -0.402. The molecule has 0 radical (unpaired) electrons. The van der Waals surface area contributed by atoms with E-state index in [4.69, 9.17) is 4.74 Å². The summed E-state index contributed by atoms with van der Waals surface area (Å²) in [7, 11) is 0. The van der Waals surface area contributed by atoms with Gasteiger partial charge in [0.15, 0.2) is 0 Å². The van der Waals surface area contributed by atoms with Gasteiger partial charge < -0.3 is 9.47 Å². The first-order chi connectivity index (χ1) is 8.60.